The Morgan fingerprint density at radius 3 is 2.39 bits per heavy atom. The van der Waals surface area contributed by atoms with Crippen molar-refractivity contribution in [3.8, 4) is 0 Å². The van der Waals surface area contributed by atoms with E-state index in [9.17, 15) is 14.4 Å². The molecule has 1 aromatic rings. The van der Waals surface area contributed by atoms with Crippen molar-refractivity contribution in [1.29, 1.82) is 0 Å². The second-order valence-corrected chi connectivity index (χ2v) is 3.31. The minimum absolute atomic E-state index is 0. The summed E-state index contributed by atoms with van der Waals surface area (Å²) in [6, 6.07) is -1.07. The van der Waals surface area contributed by atoms with Crippen LogP contribution in [0.1, 0.15) is 18.2 Å². The van der Waals surface area contributed by atoms with E-state index >= 15 is 0 Å². The first-order chi connectivity index (χ1) is 7.40. The molecule has 0 aliphatic carbocycles. The number of H-pyrrole nitrogens is 1. The Kier molecular flexibility index (Phi) is 8.62. The molecule has 0 spiro atoms. The number of nitrogens with one attached hydrogen (secondary N) is 3. The van der Waals surface area contributed by atoms with Crippen LogP contribution in [0.15, 0.2) is 4.79 Å². The molecule has 0 saturated heterocycles. The number of amides is 2. The third-order valence-corrected chi connectivity index (χ3v) is 1.88. The van der Waals surface area contributed by atoms with Crippen LogP contribution in [-0.2, 0) is 43.9 Å². The van der Waals surface area contributed by atoms with Gasteiger partial charge in [-0.3, -0.25) is 14.4 Å². The Morgan fingerprint density at radius 1 is 1.44 bits per heavy atom. The molecule has 0 saturated carbocycles. The van der Waals surface area contributed by atoms with E-state index in [1.54, 1.807) is 6.92 Å². The molecule has 97 valence electrons. The standard InChI is InChI=1S/C9H12N4O3.H2O.Y/c1-4(14)3-6-5(2)11-9(12-7(6)15)13-8(10)16;;/h3H2,1-2H3,(H4,10,11,12,13,15,16);1H2;/p-1. The van der Waals surface area contributed by atoms with Gasteiger partial charge in [0.05, 0.1) is 0 Å². The van der Waals surface area contributed by atoms with Gasteiger partial charge in [-0.1, -0.05) is 0 Å². The molecule has 0 aliphatic heterocycles. The minimum Gasteiger partial charge on any atom is -0.447 e. The number of Topliss-reactive ketones (excluding diaryl/α,β-unsaturated/α-hetero) is 1. The normalized spacial score (nSPS) is 8.78. The molecule has 2 amide bonds. The van der Waals surface area contributed by atoms with Crippen molar-refractivity contribution in [2.24, 2.45) is 0 Å². The molecule has 1 radical (unpaired) electrons. The van der Waals surface area contributed by atoms with Crippen molar-refractivity contribution >= 4 is 17.8 Å². The van der Waals surface area contributed by atoms with E-state index in [2.05, 4.69) is 9.97 Å². The molecule has 9 heteroatoms. The van der Waals surface area contributed by atoms with Crippen LogP contribution >= 0.6 is 0 Å². The summed E-state index contributed by atoms with van der Waals surface area (Å²) in [6.07, 6.45) is 0.00324. The van der Waals surface area contributed by atoms with Crippen molar-refractivity contribution in [3.05, 3.63) is 27.3 Å². The number of aromatic amines is 1. The van der Waals surface area contributed by atoms with Crippen LogP contribution in [0.5, 0.6) is 0 Å². The van der Waals surface area contributed by atoms with Crippen LogP contribution in [0.4, 0.5) is 10.7 Å². The number of ketones is 1. The summed E-state index contributed by atoms with van der Waals surface area (Å²) in [5, 5.41) is 2.04. The number of rotatable bonds is 3. The Bertz CT molecular complexity index is 500. The summed E-state index contributed by atoms with van der Waals surface area (Å²) in [7, 11) is 0. The van der Waals surface area contributed by atoms with Gasteiger partial charge in [0.15, 0.2) is 6.03 Å². The number of hydrogen-bond donors (Lipinski definition) is 2. The van der Waals surface area contributed by atoms with E-state index in [0.717, 1.165) is 0 Å². The first-order valence-electron chi connectivity index (χ1n) is 4.52. The first-order valence-corrected chi connectivity index (χ1v) is 4.52. The zero-order chi connectivity index (χ0) is 12.3. The molecule has 0 bridgehead atoms. The summed E-state index contributed by atoms with van der Waals surface area (Å²) in [5.41, 5.74) is 6.81. The van der Waals surface area contributed by atoms with Crippen molar-refractivity contribution in [2.45, 2.75) is 20.3 Å². The van der Waals surface area contributed by atoms with Crippen LogP contribution in [0.3, 0.4) is 0 Å². The number of urea groups is 1. The van der Waals surface area contributed by atoms with Gasteiger partial charge in [-0.25, -0.2) is 4.98 Å². The molecule has 0 unspecified atom stereocenters. The zero-order valence-electron chi connectivity index (χ0n) is 9.96. The summed E-state index contributed by atoms with van der Waals surface area (Å²) >= 11 is 0. The average molecular weight is 330 g/mol. The molecular formula is C9H13N4O4Y-. The predicted molar refractivity (Wildman–Crippen MR) is 60.9 cm³/mol. The molecule has 0 atom stereocenters. The third-order valence-electron chi connectivity index (χ3n) is 1.88. The summed E-state index contributed by atoms with van der Waals surface area (Å²) in [5.74, 6) is -0.234. The van der Waals surface area contributed by atoms with Gasteiger partial charge in [0.25, 0.3) is 5.56 Å². The molecule has 18 heavy (non-hydrogen) atoms. The maximum absolute atomic E-state index is 11.5. The van der Waals surface area contributed by atoms with Crippen molar-refractivity contribution < 1.29 is 47.8 Å². The van der Waals surface area contributed by atoms with Gasteiger partial charge >= 0.3 is 0 Å². The molecule has 1 heterocycles. The average Bonchev–Trinajstić information content (AvgIpc) is 2.10. The minimum atomic E-state index is -1.07. The maximum atomic E-state index is 11.5. The molecule has 0 aromatic carbocycles. The SMILES string of the molecule is CC(=O)Cc1c(C)nc(NC([NH-])=O)[nH]c1=O.O.[Y]. The fourth-order valence-corrected chi connectivity index (χ4v) is 1.23. The van der Waals surface area contributed by atoms with Crippen LogP contribution < -0.4 is 10.9 Å². The second kappa shape index (κ2) is 8.07. The molecule has 0 aliphatic rings. The number of anilines is 1. The molecule has 1 aromatic heterocycles. The zero-order valence-corrected chi connectivity index (χ0v) is 12.8. The van der Waals surface area contributed by atoms with Crippen LogP contribution in [0.25, 0.3) is 5.73 Å². The van der Waals surface area contributed by atoms with Gasteiger partial charge in [-0.05, 0) is 13.8 Å². The molecule has 1 rings (SSSR count). The van der Waals surface area contributed by atoms with E-state index in [4.69, 9.17) is 5.73 Å². The number of aryl methyl sites for hydroxylation is 1. The van der Waals surface area contributed by atoms with E-state index in [0.29, 0.717) is 5.69 Å². The Balaban J connectivity index is 0. The summed E-state index contributed by atoms with van der Waals surface area (Å²) in [6.45, 7) is 2.94. The van der Waals surface area contributed by atoms with Crippen LogP contribution in [0, 0.1) is 6.92 Å². The Morgan fingerprint density at radius 2 is 2.00 bits per heavy atom. The van der Waals surface area contributed by atoms with Crippen LogP contribution in [0.2, 0.25) is 0 Å². The van der Waals surface area contributed by atoms with Crippen molar-refractivity contribution in [1.82, 2.24) is 9.97 Å². The first kappa shape index (κ1) is 19.2. The van der Waals surface area contributed by atoms with Gasteiger partial charge in [0.2, 0.25) is 0 Å². The molecule has 5 N–H and O–H groups in total. The fourth-order valence-electron chi connectivity index (χ4n) is 1.23. The number of carbonyl (C=O) groups excluding carboxylic acids is 2. The van der Waals surface area contributed by atoms with Gasteiger partial charge < -0.3 is 21.5 Å². The van der Waals surface area contributed by atoms with Crippen LogP contribution in [-0.4, -0.2) is 27.3 Å². The van der Waals surface area contributed by atoms with Crippen molar-refractivity contribution in [3.63, 3.8) is 0 Å². The van der Waals surface area contributed by atoms with E-state index in [-0.39, 0.29) is 61.9 Å². The topological polar surface area (TPSA) is 147 Å². The van der Waals surface area contributed by atoms with Gasteiger partial charge in [0.1, 0.15) is 11.7 Å². The largest absolute Gasteiger partial charge is 0.447 e. The molecule has 0 fully saturated rings. The fraction of sp³-hybridized carbons (Fsp3) is 0.333. The smallest absolute Gasteiger partial charge is 0.254 e. The van der Waals surface area contributed by atoms with Gasteiger partial charge in [-0.15, -0.1) is 0 Å². The predicted octanol–water partition coefficient (Wildman–Crippen LogP) is -0.0333. The van der Waals surface area contributed by atoms with E-state index in [1.165, 1.54) is 6.92 Å². The maximum Gasteiger partial charge on any atom is 0.254 e. The number of aromatic nitrogens is 2. The monoisotopic (exact) mass is 330 g/mol. The third kappa shape index (κ3) is 5.48. The van der Waals surface area contributed by atoms with Gasteiger partial charge in [-0.2, -0.15) is 0 Å². The Labute approximate surface area is 128 Å². The van der Waals surface area contributed by atoms with Crippen molar-refractivity contribution in [2.75, 3.05) is 5.32 Å². The van der Waals surface area contributed by atoms with E-state index in [1.807, 2.05) is 5.32 Å². The molecular weight excluding hydrogens is 317 g/mol. The number of nitrogens with zero attached hydrogens (tertiary/aromatic N) is 1. The molecule has 8 nitrogen and oxygen atoms in total. The summed E-state index contributed by atoms with van der Waals surface area (Å²) < 4.78 is 0. The second-order valence-electron chi connectivity index (χ2n) is 3.31. The number of hydrogen-bond acceptors (Lipinski definition) is 4. The summed E-state index contributed by atoms with van der Waals surface area (Å²) in [4.78, 5) is 39.0. The van der Waals surface area contributed by atoms with Gasteiger partial charge in [0, 0.05) is 50.4 Å². The Hall–Kier alpha value is -1.12. The van der Waals surface area contributed by atoms with E-state index < -0.39 is 11.6 Å². The number of carbonyl (C=O) groups is 2. The quantitative estimate of drug-likeness (QED) is 0.800.